The lowest BCUT2D eigenvalue weighted by Gasteiger charge is -2.22. The molecule has 8 heteroatoms. The highest BCUT2D eigenvalue weighted by molar-refractivity contribution is 6.33. The van der Waals surface area contributed by atoms with Crippen LogP contribution < -0.4 is 10.9 Å². The first-order valence-corrected chi connectivity index (χ1v) is 10.5. The van der Waals surface area contributed by atoms with Crippen LogP contribution in [-0.4, -0.2) is 48.8 Å². The van der Waals surface area contributed by atoms with Crippen LogP contribution in [0.4, 0.5) is 5.69 Å². The second-order valence-corrected chi connectivity index (χ2v) is 7.87. The zero-order valence-electron chi connectivity index (χ0n) is 17.9. The number of methoxy groups -OCH3 is 2. The molecule has 7 nitrogen and oxygen atoms in total. The van der Waals surface area contributed by atoms with E-state index < -0.39 is 0 Å². The molecule has 0 bridgehead atoms. The quantitative estimate of drug-likeness (QED) is 0.686. The van der Waals surface area contributed by atoms with Crippen LogP contribution in [0, 0.1) is 6.92 Å². The van der Waals surface area contributed by atoms with Crippen LogP contribution in [-0.2, 0) is 22.4 Å². The van der Waals surface area contributed by atoms with Gasteiger partial charge in [-0.05, 0) is 44.4 Å². The van der Waals surface area contributed by atoms with Crippen LogP contribution in [0.5, 0.6) is 0 Å². The van der Waals surface area contributed by atoms with Gasteiger partial charge in [0.05, 0.1) is 30.0 Å². The third-order valence-electron chi connectivity index (χ3n) is 5.33. The number of fused-ring (bicyclic) bond motifs is 1. The summed E-state index contributed by atoms with van der Waals surface area (Å²) >= 11 is 6.54. The van der Waals surface area contributed by atoms with Gasteiger partial charge in [0.2, 0.25) is 0 Å². The van der Waals surface area contributed by atoms with Crippen LogP contribution in [0.3, 0.4) is 0 Å². The SMILES string of the molecule is CCn1c(-c2cc3c(cc2Cl)C(=O)CCC3)nc(C)c(NC(COC)COC)c1=O. The van der Waals surface area contributed by atoms with Crippen LogP contribution in [0.15, 0.2) is 16.9 Å². The van der Waals surface area contributed by atoms with Crippen molar-refractivity contribution in [3.8, 4) is 11.4 Å². The van der Waals surface area contributed by atoms with Crippen molar-refractivity contribution < 1.29 is 14.3 Å². The van der Waals surface area contributed by atoms with Crippen molar-refractivity contribution in [2.45, 2.75) is 45.7 Å². The number of aryl methyl sites for hydroxylation is 2. The molecule has 3 rings (SSSR count). The van der Waals surface area contributed by atoms with E-state index in [-0.39, 0.29) is 17.4 Å². The molecular formula is C22H28ClN3O4. The first-order valence-electron chi connectivity index (χ1n) is 10.1. The van der Waals surface area contributed by atoms with Crippen molar-refractivity contribution in [1.82, 2.24) is 9.55 Å². The number of anilines is 1. The minimum atomic E-state index is -0.179. The molecule has 1 aromatic carbocycles. The van der Waals surface area contributed by atoms with Crippen molar-refractivity contribution in [3.63, 3.8) is 0 Å². The van der Waals surface area contributed by atoms with Gasteiger partial charge in [0.15, 0.2) is 5.78 Å². The molecule has 1 heterocycles. The Balaban J connectivity index is 2.09. The highest BCUT2D eigenvalue weighted by atomic mass is 35.5. The molecule has 1 aliphatic rings. The molecule has 0 unspecified atom stereocenters. The zero-order chi connectivity index (χ0) is 21.8. The standard InChI is InChI=1S/C22H28ClN3O4/c1-5-26-21(17-9-14-7-6-8-19(27)16(14)10-18(17)23)24-13(2)20(22(26)28)25-15(11-29-3)12-30-4/h9-10,15,25H,5-8,11-12H2,1-4H3. The number of ether oxygens (including phenoxy) is 2. The Labute approximate surface area is 181 Å². The van der Waals surface area contributed by atoms with E-state index in [1.165, 1.54) is 0 Å². The van der Waals surface area contributed by atoms with E-state index in [1.807, 2.05) is 13.0 Å². The third kappa shape index (κ3) is 4.43. The van der Waals surface area contributed by atoms with Gasteiger partial charge in [0.25, 0.3) is 5.56 Å². The van der Waals surface area contributed by atoms with Crippen LogP contribution >= 0.6 is 11.6 Å². The molecule has 0 radical (unpaired) electrons. The van der Waals surface area contributed by atoms with E-state index >= 15 is 0 Å². The van der Waals surface area contributed by atoms with Gasteiger partial charge in [-0.2, -0.15) is 0 Å². The molecule has 1 aromatic heterocycles. The summed E-state index contributed by atoms with van der Waals surface area (Å²) in [5.41, 5.74) is 3.12. The zero-order valence-corrected chi connectivity index (χ0v) is 18.6. The Morgan fingerprint density at radius 2 is 1.87 bits per heavy atom. The Morgan fingerprint density at radius 3 is 2.50 bits per heavy atom. The molecule has 30 heavy (non-hydrogen) atoms. The Hall–Kier alpha value is -2.22. The molecule has 1 aliphatic carbocycles. The minimum Gasteiger partial charge on any atom is -0.382 e. The predicted octanol–water partition coefficient (Wildman–Crippen LogP) is 3.48. The van der Waals surface area contributed by atoms with Gasteiger partial charge < -0.3 is 14.8 Å². The van der Waals surface area contributed by atoms with Crippen LogP contribution in [0.2, 0.25) is 5.02 Å². The molecule has 0 saturated carbocycles. The third-order valence-corrected chi connectivity index (χ3v) is 5.65. The summed E-state index contributed by atoms with van der Waals surface area (Å²) in [6.45, 7) is 4.90. The van der Waals surface area contributed by atoms with Crippen molar-refractivity contribution in [2.75, 3.05) is 32.8 Å². The van der Waals surface area contributed by atoms with E-state index in [0.29, 0.717) is 59.5 Å². The fourth-order valence-electron chi connectivity index (χ4n) is 3.89. The predicted molar refractivity (Wildman–Crippen MR) is 118 cm³/mol. The number of rotatable bonds is 8. The van der Waals surface area contributed by atoms with Crippen molar-refractivity contribution in [3.05, 3.63) is 44.3 Å². The van der Waals surface area contributed by atoms with E-state index in [4.69, 9.17) is 26.1 Å². The topological polar surface area (TPSA) is 82.5 Å². The second-order valence-electron chi connectivity index (χ2n) is 7.46. The van der Waals surface area contributed by atoms with Gasteiger partial charge in [-0.3, -0.25) is 14.2 Å². The van der Waals surface area contributed by atoms with Crippen molar-refractivity contribution >= 4 is 23.1 Å². The average molecular weight is 434 g/mol. The maximum atomic E-state index is 13.3. The van der Waals surface area contributed by atoms with E-state index in [0.717, 1.165) is 18.4 Å². The molecule has 0 amide bonds. The number of nitrogens with one attached hydrogen (secondary N) is 1. The smallest absolute Gasteiger partial charge is 0.277 e. The minimum absolute atomic E-state index is 0.114. The van der Waals surface area contributed by atoms with Gasteiger partial charge in [0.1, 0.15) is 11.5 Å². The average Bonchev–Trinajstić information content (AvgIpc) is 2.71. The number of ketones is 1. The highest BCUT2D eigenvalue weighted by Gasteiger charge is 2.23. The molecule has 0 spiro atoms. The molecule has 0 fully saturated rings. The summed E-state index contributed by atoms with van der Waals surface area (Å²) in [5, 5.41) is 3.64. The summed E-state index contributed by atoms with van der Waals surface area (Å²) in [6.07, 6.45) is 2.18. The number of nitrogens with zero attached hydrogens (tertiary/aromatic N) is 2. The molecule has 1 N–H and O–H groups in total. The summed E-state index contributed by atoms with van der Waals surface area (Å²) < 4.78 is 12.0. The molecule has 0 aliphatic heterocycles. The van der Waals surface area contributed by atoms with Gasteiger partial charge in [0, 0.05) is 38.3 Å². The molecule has 0 saturated heterocycles. The summed E-state index contributed by atoms with van der Waals surface area (Å²) in [4.78, 5) is 30.2. The van der Waals surface area contributed by atoms with E-state index in [9.17, 15) is 9.59 Å². The number of benzene rings is 1. The summed E-state index contributed by atoms with van der Waals surface area (Å²) in [6, 6.07) is 3.45. The first kappa shape index (κ1) is 22.5. The number of hydrogen-bond donors (Lipinski definition) is 1. The lowest BCUT2D eigenvalue weighted by Crippen LogP contribution is -2.35. The largest absolute Gasteiger partial charge is 0.382 e. The van der Waals surface area contributed by atoms with Gasteiger partial charge in [-0.15, -0.1) is 0 Å². The van der Waals surface area contributed by atoms with Gasteiger partial charge >= 0.3 is 0 Å². The number of aromatic nitrogens is 2. The maximum absolute atomic E-state index is 13.3. The van der Waals surface area contributed by atoms with Crippen LogP contribution in [0.1, 0.15) is 41.4 Å². The Bertz CT molecular complexity index is 997. The summed E-state index contributed by atoms with van der Waals surface area (Å²) in [7, 11) is 3.21. The maximum Gasteiger partial charge on any atom is 0.277 e. The summed E-state index contributed by atoms with van der Waals surface area (Å²) in [5.74, 6) is 0.620. The number of Topliss-reactive ketones (excluding diaryl/α,β-unsaturated/α-hetero) is 1. The monoisotopic (exact) mass is 433 g/mol. The van der Waals surface area contributed by atoms with Gasteiger partial charge in [-0.1, -0.05) is 11.6 Å². The van der Waals surface area contributed by atoms with Gasteiger partial charge in [-0.25, -0.2) is 4.98 Å². The number of hydrogen-bond acceptors (Lipinski definition) is 6. The van der Waals surface area contributed by atoms with E-state index in [2.05, 4.69) is 5.32 Å². The van der Waals surface area contributed by atoms with Crippen molar-refractivity contribution in [2.24, 2.45) is 0 Å². The fourth-order valence-corrected chi connectivity index (χ4v) is 4.14. The highest BCUT2D eigenvalue weighted by Crippen LogP contribution is 2.33. The van der Waals surface area contributed by atoms with Crippen LogP contribution in [0.25, 0.3) is 11.4 Å². The fraction of sp³-hybridized carbons (Fsp3) is 0.500. The lowest BCUT2D eigenvalue weighted by atomic mass is 9.89. The number of carbonyl (C=O) groups is 1. The molecule has 2 aromatic rings. The lowest BCUT2D eigenvalue weighted by molar-refractivity contribution is 0.0972. The first-order chi connectivity index (χ1) is 14.4. The molecule has 0 atom stereocenters. The number of carbonyl (C=O) groups excluding carboxylic acids is 1. The molecular weight excluding hydrogens is 406 g/mol. The Kier molecular flexibility index (Phi) is 7.28. The second kappa shape index (κ2) is 9.73. The normalized spacial score (nSPS) is 13.6. The van der Waals surface area contributed by atoms with E-state index in [1.54, 1.807) is 31.8 Å². The van der Waals surface area contributed by atoms with Crippen molar-refractivity contribution in [1.29, 1.82) is 0 Å². The Morgan fingerprint density at radius 1 is 1.17 bits per heavy atom. The molecule has 162 valence electrons. The number of halogens is 1.